The molecular formula is C15H33O3PS2. The smallest absolute Gasteiger partial charge is 0.149 e. The van der Waals surface area contributed by atoms with E-state index in [0.717, 1.165) is 6.42 Å². The van der Waals surface area contributed by atoms with Crippen molar-refractivity contribution in [3.63, 3.8) is 0 Å². The van der Waals surface area contributed by atoms with E-state index in [2.05, 4.69) is 20.8 Å². The van der Waals surface area contributed by atoms with E-state index >= 15 is 0 Å². The highest BCUT2D eigenvalue weighted by atomic mass is 33.1. The van der Waals surface area contributed by atoms with Crippen LogP contribution >= 0.6 is 18.1 Å². The summed E-state index contributed by atoms with van der Waals surface area (Å²) in [6.07, 6.45) is 13.8. The van der Waals surface area contributed by atoms with Gasteiger partial charge in [-0.05, 0) is 36.5 Å². The largest absolute Gasteiger partial charge is 0.739 e. The molecule has 0 amide bonds. The van der Waals surface area contributed by atoms with Gasteiger partial charge in [-0.3, -0.25) is 0 Å². The summed E-state index contributed by atoms with van der Waals surface area (Å²) in [5.41, 5.74) is 0. The number of hydrogen-bond acceptors (Lipinski definition) is 4. The maximum atomic E-state index is 10.7. The monoisotopic (exact) mass is 356 g/mol. The van der Waals surface area contributed by atoms with Crippen molar-refractivity contribution in [2.75, 3.05) is 30.4 Å². The molecule has 6 heteroatoms. The molecule has 0 spiro atoms. The highest BCUT2D eigenvalue weighted by Gasteiger charge is 2.34. The third-order valence-electron chi connectivity index (χ3n) is 3.96. The van der Waals surface area contributed by atoms with Crippen LogP contribution in [0.3, 0.4) is 0 Å². The third-order valence-corrected chi connectivity index (χ3v) is 11.1. The van der Waals surface area contributed by atoms with Gasteiger partial charge in [-0.2, -0.15) is 0 Å². The predicted molar refractivity (Wildman–Crippen MR) is 97.9 cm³/mol. The molecule has 0 aromatic rings. The van der Waals surface area contributed by atoms with Crippen LogP contribution in [0.25, 0.3) is 0 Å². The van der Waals surface area contributed by atoms with Crippen molar-refractivity contribution < 1.29 is 13.0 Å². The Morgan fingerprint density at radius 2 is 1.19 bits per heavy atom. The van der Waals surface area contributed by atoms with Gasteiger partial charge < -0.3 is 4.55 Å². The van der Waals surface area contributed by atoms with E-state index in [4.69, 9.17) is 0 Å². The molecule has 0 aliphatic rings. The lowest BCUT2D eigenvalue weighted by Gasteiger charge is -2.28. The number of hydrogen-bond donors (Lipinski definition) is 0. The maximum Gasteiger partial charge on any atom is 0.149 e. The molecule has 0 N–H and O–H groups in total. The van der Waals surface area contributed by atoms with Gasteiger partial charge in [0.2, 0.25) is 0 Å². The minimum absolute atomic E-state index is 0.470. The first-order valence-corrected chi connectivity index (χ1v) is 13.8. The van der Waals surface area contributed by atoms with Crippen LogP contribution in [0.5, 0.6) is 0 Å². The minimum atomic E-state index is -4.11. The molecule has 128 valence electrons. The fourth-order valence-corrected chi connectivity index (χ4v) is 9.49. The highest BCUT2D eigenvalue weighted by Crippen LogP contribution is 2.61. The standard InChI is InChI=1S/C15H33O3PS2/c1-4-7-11-19(12-8-5-2,13-9-6-3)14-10-15-20-21(16,17)18/h4-15H2,1-3H3. The SMILES string of the molecule is CCCC[P+](CCCC)(CCCC)CCCSS(=O)(=O)[O-]. The predicted octanol–water partition coefficient (Wildman–Crippen LogP) is 4.99. The normalized spacial score (nSPS) is 12.8. The second-order valence-corrected chi connectivity index (χ2v) is 13.7. The van der Waals surface area contributed by atoms with Gasteiger partial charge in [0, 0.05) is 13.0 Å². The van der Waals surface area contributed by atoms with Gasteiger partial charge in [-0.15, -0.1) is 0 Å². The fourth-order valence-electron chi connectivity index (χ4n) is 2.71. The molecule has 0 atom stereocenters. The van der Waals surface area contributed by atoms with E-state index in [-0.39, 0.29) is 0 Å². The molecule has 0 fully saturated rings. The van der Waals surface area contributed by atoms with Crippen molar-refractivity contribution in [1.29, 1.82) is 0 Å². The average Bonchev–Trinajstić information content (AvgIpc) is 2.43. The van der Waals surface area contributed by atoms with Crippen molar-refractivity contribution in [3.05, 3.63) is 0 Å². The molecule has 0 aromatic heterocycles. The summed E-state index contributed by atoms with van der Waals surface area (Å²) in [5, 5.41) is 0. The molecule has 0 saturated heterocycles. The van der Waals surface area contributed by atoms with E-state index in [0.29, 0.717) is 16.5 Å². The molecule has 0 bridgehead atoms. The lowest BCUT2D eigenvalue weighted by molar-refractivity contribution is 0.482. The minimum Gasteiger partial charge on any atom is -0.739 e. The second kappa shape index (κ2) is 12.2. The van der Waals surface area contributed by atoms with Crippen LogP contribution in [0.1, 0.15) is 65.7 Å². The first kappa shape index (κ1) is 21.7. The first-order valence-electron chi connectivity index (χ1n) is 8.34. The number of unbranched alkanes of at least 4 members (excludes halogenated alkanes) is 3. The molecule has 0 unspecified atom stereocenters. The Hall–Kier alpha value is 0.690. The van der Waals surface area contributed by atoms with Crippen LogP contribution in [-0.4, -0.2) is 43.4 Å². The topological polar surface area (TPSA) is 57.2 Å². The van der Waals surface area contributed by atoms with E-state index in [1.54, 1.807) is 0 Å². The summed E-state index contributed by atoms with van der Waals surface area (Å²) < 4.78 is 32.1. The van der Waals surface area contributed by atoms with Gasteiger partial charge >= 0.3 is 0 Å². The Bertz CT molecular complexity index is 323. The quantitative estimate of drug-likeness (QED) is 0.190. The lowest BCUT2D eigenvalue weighted by atomic mass is 10.4. The Kier molecular flexibility index (Phi) is 12.6. The molecule has 0 rings (SSSR count). The van der Waals surface area contributed by atoms with Crippen molar-refractivity contribution >= 4 is 27.2 Å². The van der Waals surface area contributed by atoms with Gasteiger partial charge in [0.15, 0.2) is 0 Å². The molecule has 3 nitrogen and oxygen atoms in total. The summed E-state index contributed by atoms with van der Waals surface area (Å²) in [5.74, 6) is 0.470. The Morgan fingerprint density at radius 3 is 1.52 bits per heavy atom. The van der Waals surface area contributed by atoms with Crippen LogP contribution in [-0.2, 0) is 9.15 Å². The van der Waals surface area contributed by atoms with Crippen LogP contribution in [0, 0.1) is 0 Å². The summed E-state index contributed by atoms with van der Waals surface area (Å²) in [7, 11) is -4.47. The Labute approximate surface area is 136 Å². The lowest BCUT2D eigenvalue weighted by Crippen LogP contribution is -2.13. The van der Waals surface area contributed by atoms with Crippen LogP contribution < -0.4 is 0 Å². The van der Waals surface area contributed by atoms with Gasteiger partial charge in [-0.25, -0.2) is 8.42 Å². The molecule has 0 radical (unpaired) electrons. The zero-order valence-corrected chi connectivity index (χ0v) is 16.5. The van der Waals surface area contributed by atoms with Gasteiger partial charge in [0.25, 0.3) is 0 Å². The van der Waals surface area contributed by atoms with Gasteiger partial charge in [0.05, 0.1) is 24.6 Å². The van der Waals surface area contributed by atoms with Crippen molar-refractivity contribution in [2.45, 2.75) is 65.7 Å². The van der Waals surface area contributed by atoms with Gasteiger partial charge in [0.1, 0.15) is 9.15 Å². The van der Waals surface area contributed by atoms with Crippen LogP contribution in [0.15, 0.2) is 0 Å². The molecule has 0 heterocycles. The molecule has 0 aliphatic heterocycles. The zero-order valence-electron chi connectivity index (χ0n) is 14.0. The maximum absolute atomic E-state index is 10.7. The molecule has 21 heavy (non-hydrogen) atoms. The zero-order chi connectivity index (χ0) is 16.2. The first-order chi connectivity index (χ1) is 9.89. The summed E-state index contributed by atoms with van der Waals surface area (Å²) in [4.78, 5) is 0. The number of rotatable bonds is 14. The Balaban J connectivity index is 4.54. The molecular weight excluding hydrogens is 323 g/mol. The fraction of sp³-hybridized carbons (Fsp3) is 1.00. The van der Waals surface area contributed by atoms with Crippen LogP contribution in [0.4, 0.5) is 0 Å². The second-order valence-electron chi connectivity index (χ2n) is 5.88. The molecule has 0 saturated carbocycles. The van der Waals surface area contributed by atoms with Crippen LogP contribution in [0.2, 0.25) is 0 Å². The highest BCUT2D eigenvalue weighted by molar-refractivity contribution is 8.69. The Morgan fingerprint density at radius 1 is 0.810 bits per heavy atom. The van der Waals surface area contributed by atoms with Gasteiger partial charge in [-0.1, -0.05) is 40.0 Å². The van der Waals surface area contributed by atoms with Crippen molar-refractivity contribution in [3.8, 4) is 0 Å². The van der Waals surface area contributed by atoms with E-state index in [9.17, 15) is 13.0 Å². The van der Waals surface area contributed by atoms with E-state index in [1.807, 2.05) is 0 Å². The molecule has 0 aromatic carbocycles. The summed E-state index contributed by atoms with van der Waals surface area (Å²) in [6, 6.07) is 0. The van der Waals surface area contributed by atoms with Crippen molar-refractivity contribution in [1.82, 2.24) is 0 Å². The van der Waals surface area contributed by atoms with E-state index in [1.165, 1.54) is 63.2 Å². The third kappa shape index (κ3) is 11.9. The molecule has 0 aliphatic carbocycles. The summed E-state index contributed by atoms with van der Waals surface area (Å²) >= 11 is 0. The van der Waals surface area contributed by atoms with E-state index < -0.39 is 16.4 Å². The van der Waals surface area contributed by atoms with Crippen molar-refractivity contribution in [2.24, 2.45) is 0 Å². The average molecular weight is 357 g/mol. The summed E-state index contributed by atoms with van der Waals surface area (Å²) in [6.45, 7) is 6.73.